The van der Waals surface area contributed by atoms with Crippen molar-refractivity contribution in [3.63, 3.8) is 0 Å². The molecule has 1 saturated heterocycles. The second-order valence-corrected chi connectivity index (χ2v) is 6.39. The summed E-state index contributed by atoms with van der Waals surface area (Å²) in [7, 11) is 0. The van der Waals surface area contributed by atoms with Gasteiger partial charge in [0.15, 0.2) is 0 Å². The Morgan fingerprint density at radius 2 is 1.89 bits per heavy atom. The van der Waals surface area contributed by atoms with E-state index < -0.39 is 0 Å². The lowest BCUT2D eigenvalue weighted by atomic mass is 10.1. The maximum Gasteiger partial charge on any atom is 0.241 e. The van der Waals surface area contributed by atoms with E-state index in [4.69, 9.17) is 0 Å². The highest BCUT2D eigenvalue weighted by Crippen LogP contribution is 2.24. The Morgan fingerprint density at radius 1 is 1.21 bits per heavy atom. The molecule has 0 aromatic rings. The van der Waals surface area contributed by atoms with Crippen LogP contribution in [0.2, 0.25) is 0 Å². The summed E-state index contributed by atoms with van der Waals surface area (Å²) in [5.74, 6) is 0.951. The molecule has 1 fully saturated rings. The molecular formula is C16H32N2O. The van der Waals surface area contributed by atoms with Gasteiger partial charge in [0.2, 0.25) is 5.91 Å². The van der Waals surface area contributed by atoms with Gasteiger partial charge >= 0.3 is 0 Å². The molecular weight excluding hydrogens is 236 g/mol. The summed E-state index contributed by atoms with van der Waals surface area (Å²) < 4.78 is 0. The summed E-state index contributed by atoms with van der Waals surface area (Å²) in [5.41, 5.74) is 0. The van der Waals surface area contributed by atoms with E-state index in [1.165, 1.54) is 0 Å². The third-order valence-corrected chi connectivity index (χ3v) is 4.00. The minimum atomic E-state index is 0.0583. The van der Waals surface area contributed by atoms with Gasteiger partial charge in [-0.05, 0) is 32.1 Å². The van der Waals surface area contributed by atoms with Gasteiger partial charge < -0.3 is 4.90 Å². The Bertz CT molecular complexity index is 278. The Hall–Kier alpha value is -0.570. The molecule has 1 rings (SSSR count). The van der Waals surface area contributed by atoms with Crippen molar-refractivity contribution in [2.24, 2.45) is 5.92 Å². The maximum atomic E-state index is 12.6. The van der Waals surface area contributed by atoms with Gasteiger partial charge in [-0.2, -0.15) is 0 Å². The molecule has 1 aliphatic heterocycles. The van der Waals surface area contributed by atoms with Crippen LogP contribution in [0.15, 0.2) is 0 Å². The SMILES string of the molecule is CCCCC1NC(CC(C)C)N(C(C)CCC)C1=O. The molecule has 0 aromatic heterocycles. The number of nitrogens with one attached hydrogen (secondary N) is 1. The number of amides is 1. The first-order chi connectivity index (χ1) is 9.01. The zero-order chi connectivity index (χ0) is 14.4. The number of nitrogens with zero attached hydrogens (tertiary/aromatic N) is 1. The number of rotatable bonds is 8. The normalized spacial score (nSPS) is 25.4. The van der Waals surface area contributed by atoms with Crippen LogP contribution in [0, 0.1) is 5.92 Å². The van der Waals surface area contributed by atoms with Crippen molar-refractivity contribution in [1.29, 1.82) is 0 Å². The molecule has 3 nitrogen and oxygen atoms in total. The van der Waals surface area contributed by atoms with Crippen molar-refractivity contribution in [3.8, 4) is 0 Å². The molecule has 1 heterocycles. The van der Waals surface area contributed by atoms with Crippen LogP contribution in [-0.4, -0.2) is 29.1 Å². The van der Waals surface area contributed by atoms with Gasteiger partial charge in [0.25, 0.3) is 0 Å². The summed E-state index contributed by atoms with van der Waals surface area (Å²) >= 11 is 0. The van der Waals surface area contributed by atoms with Crippen molar-refractivity contribution >= 4 is 5.91 Å². The zero-order valence-electron chi connectivity index (χ0n) is 13.4. The van der Waals surface area contributed by atoms with Gasteiger partial charge in [0, 0.05) is 6.04 Å². The average Bonchev–Trinajstić information content (AvgIpc) is 2.62. The van der Waals surface area contributed by atoms with Crippen LogP contribution >= 0.6 is 0 Å². The lowest BCUT2D eigenvalue weighted by Gasteiger charge is -2.31. The quantitative estimate of drug-likeness (QED) is 0.730. The molecule has 112 valence electrons. The molecule has 0 radical (unpaired) electrons. The van der Waals surface area contributed by atoms with Crippen molar-refractivity contribution in [3.05, 3.63) is 0 Å². The highest BCUT2D eigenvalue weighted by Gasteiger charge is 2.40. The first-order valence-electron chi connectivity index (χ1n) is 8.09. The fourth-order valence-corrected chi connectivity index (χ4v) is 3.04. The summed E-state index contributed by atoms with van der Waals surface area (Å²) in [5, 5.41) is 3.57. The third-order valence-electron chi connectivity index (χ3n) is 4.00. The summed E-state index contributed by atoms with van der Waals surface area (Å²) in [6.45, 7) is 11.0. The second-order valence-electron chi connectivity index (χ2n) is 6.39. The van der Waals surface area contributed by atoms with Gasteiger partial charge in [-0.15, -0.1) is 0 Å². The molecule has 0 aliphatic carbocycles. The molecule has 0 bridgehead atoms. The number of unbranched alkanes of at least 4 members (excludes halogenated alkanes) is 1. The maximum absolute atomic E-state index is 12.6. The van der Waals surface area contributed by atoms with Crippen LogP contribution in [0.3, 0.4) is 0 Å². The van der Waals surface area contributed by atoms with E-state index in [9.17, 15) is 4.79 Å². The van der Waals surface area contributed by atoms with Crippen LogP contribution in [0.5, 0.6) is 0 Å². The summed E-state index contributed by atoms with van der Waals surface area (Å²) in [4.78, 5) is 14.7. The Kier molecular flexibility index (Phi) is 6.84. The fraction of sp³-hybridized carbons (Fsp3) is 0.938. The Labute approximate surface area is 119 Å². The molecule has 3 unspecified atom stereocenters. The highest BCUT2D eigenvalue weighted by atomic mass is 16.2. The smallest absolute Gasteiger partial charge is 0.241 e. The van der Waals surface area contributed by atoms with E-state index >= 15 is 0 Å². The predicted molar refractivity (Wildman–Crippen MR) is 80.9 cm³/mol. The van der Waals surface area contributed by atoms with Crippen molar-refractivity contribution in [1.82, 2.24) is 10.2 Å². The molecule has 1 N–H and O–H groups in total. The Morgan fingerprint density at radius 3 is 2.42 bits per heavy atom. The molecule has 3 heteroatoms. The highest BCUT2D eigenvalue weighted by molar-refractivity contribution is 5.84. The van der Waals surface area contributed by atoms with E-state index in [0.29, 0.717) is 17.9 Å². The van der Waals surface area contributed by atoms with E-state index in [1.54, 1.807) is 0 Å². The average molecular weight is 268 g/mol. The topological polar surface area (TPSA) is 32.3 Å². The summed E-state index contributed by atoms with van der Waals surface area (Å²) in [6.07, 6.45) is 6.82. The fourth-order valence-electron chi connectivity index (χ4n) is 3.04. The second kappa shape index (κ2) is 7.88. The molecule has 19 heavy (non-hydrogen) atoms. The minimum Gasteiger partial charge on any atom is -0.323 e. The number of hydrogen-bond acceptors (Lipinski definition) is 2. The monoisotopic (exact) mass is 268 g/mol. The van der Waals surface area contributed by atoms with Crippen LogP contribution in [-0.2, 0) is 4.79 Å². The van der Waals surface area contributed by atoms with E-state index in [-0.39, 0.29) is 12.2 Å². The number of hydrogen-bond donors (Lipinski definition) is 1. The number of carbonyl (C=O) groups is 1. The van der Waals surface area contributed by atoms with E-state index in [1.807, 2.05) is 0 Å². The van der Waals surface area contributed by atoms with Crippen molar-refractivity contribution in [2.75, 3.05) is 0 Å². The molecule has 1 aliphatic rings. The van der Waals surface area contributed by atoms with Crippen molar-refractivity contribution < 1.29 is 4.79 Å². The van der Waals surface area contributed by atoms with Crippen LogP contribution in [0.25, 0.3) is 0 Å². The Balaban J connectivity index is 2.72. The lowest BCUT2D eigenvalue weighted by molar-refractivity contribution is -0.132. The first-order valence-corrected chi connectivity index (χ1v) is 8.09. The van der Waals surface area contributed by atoms with Gasteiger partial charge in [0.05, 0.1) is 12.2 Å². The first kappa shape index (κ1) is 16.5. The van der Waals surface area contributed by atoms with Gasteiger partial charge in [-0.1, -0.05) is 47.0 Å². The van der Waals surface area contributed by atoms with Crippen LogP contribution < -0.4 is 5.32 Å². The molecule has 3 atom stereocenters. The van der Waals surface area contributed by atoms with Crippen LogP contribution in [0.4, 0.5) is 0 Å². The minimum absolute atomic E-state index is 0.0583. The van der Waals surface area contributed by atoms with Gasteiger partial charge in [-0.25, -0.2) is 0 Å². The van der Waals surface area contributed by atoms with E-state index in [2.05, 4.69) is 44.8 Å². The third kappa shape index (κ3) is 4.48. The summed E-state index contributed by atoms with van der Waals surface area (Å²) in [6, 6.07) is 0.420. The van der Waals surface area contributed by atoms with Gasteiger partial charge in [0.1, 0.15) is 0 Å². The molecule has 0 spiro atoms. The largest absolute Gasteiger partial charge is 0.323 e. The number of carbonyl (C=O) groups excluding carboxylic acids is 1. The van der Waals surface area contributed by atoms with E-state index in [0.717, 1.165) is 38.5 Å². The van der Waals surface area contributed by atoms with Gasteiger partial charge in [-0.3, -0.25) is 10.1 Å². The standard InChI is InChI=1S/C16H32N2O/c1-6-8-10-14-16(19)18(13(5)9-7-2)15(17-14)11-12(3)4/h12-15,17H,6-11H2,1-5H3. The molecule has 0 saturated carbocycles. The molecule has 1 amide bonds. The molecule has 0 aromatic carbocycles. The zero-order valence-corrected chi connectivity index (χ0v) is 13.4. The predicted octanol–water partition coefficient (Wildman–Crippen LogP) is 3.54. The lowest BCUT2D eigenvalue weighted by Crippen LogP contribution is -2.43. The van der Waals surface area contributed by atoms with Crippen molar-refractivity contribution in [2.45, 2.75) is 91.4 Å². The van der Waals surface area contributed by atoms with Crippen LogP contribution in [0.1, 0.15) is 73.1 Å².